The molecule has 3 N–H and O–H groups in total. The third-order valence-electron chi connectivity index (χ3n) is 14.8. The van der Waals surface area contributed by atoms with E-state index in [-0.39, 0.29) is 18.5 Å². The summed E-state index contributed by atoms with van der Waals surface area (Å²) in [5.41, 5.74) is 0. The largest absolute Gasteiger partial charge is 0.465 e. The molecule has 0 rings (SSSR count). The third kappa shape index (κ3) is 55.7. The van der Waals surface area contributed by atoms with Crippen LogP contribution in [0.4, 0.5) is 0 Å². The number of carbonyl (C=O) groups is 2. The summed E-state index contributed by atoms with van der Waals surface area (Å²) in [5, 5.41) is 23.2. The van der Waals surface area contributed by atoms with Crippen LogP contribution in [0.15, 0.2) is 24.3 Å². The minimum absolute atomic E-state index is 0.0300. The molecule has 70 heavy (non-hydrogen) atoms. The quantitative estimate of drug-likeness (QED) is 0.0321. The van der Waals surface area contributed by atoms with E-state index in [9.17, 15) is 19.8 Å². The molecule has 2 unspecified atom stereocenters. The average Bonchev–Trinajstić information content (AvgIpc) is 3.36. The fourth-order valence-electron chi connectivity index (χ4n) is 9.95. The van der Waals surface area contributed by atoms with Crippen LogP contribution in [0.5, 0.6) is 0 Å². The summed E-state index contributed by atoms with van der Waals surface area (Å²) in [6.07, 6.45) is 73.5. The Labute approximate surface area is 437 Å². The molecule has 0 aliphatic rings. The number of esters is 1. The fraction of sp³-hybridized carbons (Fsp3) is 0.906. The van der Waals surface area contributed by atoms with Gasteiger partial charge >= 0.3 is 5.97 Å². The van der Waals surface area contributed by atoms with E-state index < -0.39 is 12.1 Å². The van der Waals surface area contributed by atoms with Crippen molar-refractivity contribution in [1.29, 1.82) is 0 Å². The van der Waals surface area contributed by atoms with Crippen LogP contribution in [0, 0.1) is 0 Å². The van der Waals surface area contributed by atoms with Crippen molar-refractivity contribution in [1.82, 2.24) is 5.32 Å². The minimum Gasteiger partial charge on any atom is -0.465 e. The molecule has 6 heteroatoms. The lowest BCUT2D eigenvalue weighted by atomic mass is 10.0. The van der Waals surface area contributed by atoms with Crippen molar-refractivity contribution in [3.63, 3.8) is 0 Å². The summed E-state index contributed by atoms with van der Waals surface area (Å²) in [7, 11) is 0. The highest BCUT2D eigenvalue weighted by Gasteiger charge is 2.20. The van der Waals surface area contributed by atoms with Crippen LogP contribution in [0.3, 0.4) is 0 Å². The van der Waals surface area contributed by atoms with Crippen LogP contribution in [-0.4, -0.2) is 47.4 Å². The Hall–Kier alpha value is -1.66. The number of amides is 1. The number of hydrogen-bond acceptors (Lipinski definition) is 5. The maximum absolute atomic E-state index is 12.5. The first-order chi connectivity index (χ1) is 34.5. The van der Waals surface area contributed by atoms with Gasteiger partial charge in [0.15, 0.2) is 0 Å². The minimum atomic E-state index is -0.667. The van der Waals surface area contributed by atoms with E-state index >= 15 is 0 Å². The molecule has 6 nitrogen and oxygen atoms in total. The summed E-state index contributed by atoms with van der Waals surface area (Å²) >= 11 is 0. The second-order valence-electron chi connectivity index (χ2n) is 21.7. The fourth-order valence-corrected chi connectivity index (χ4v) is 9.95. The number of carbonyl (C=O) groups excluding carboxylic acids is 2. The first-order valence-corrected chi connectivity index (χ1v) is 31.6. The average molecular weight is 987 g/mol. The van der Waals surface area contributed by atoms with Crippen LogP contribution in [-0.2, 0) is 14.3 Å². The number of unbranched alkanes of at least 4 members (excludes halogenated alkanes) is 44. The number of aliphatic hydroxyl groups excluding tert-OH is 2. The molecule has 0 fully saturated rings. The second-order valence-corrected chi connectivity index (χ2v) is 21.7. The molecule has 0 saturated heterocycles. The molecule has 0 heterocycles. The zero-order valence-electron chi connectivity index (χ0n) is 47.3. The Morgan fingerprint density at radius 1 is 0.400 bits per heavy atom. The zero-order chi connectivity index (χ0) is 50.7. The number of allylic oxidation sites excluding steroid dienone is 3. The lowest BCUT2D eigenvalue weighted by Gasteiger charge is -2.22. The summed E-state index contributed by atoms with van der Waals surface area (Å²) in [4.78, 5) is 24.5. The van der Waals surface area contributed by atoms with Gasteiger partial charge in [0.1, 0.15) is 0 Å². The van der Waals surface area contributed by atoms with E-state index in [1.165, 1.54) is 263 Å². The smallest absolute Gasteiger partial charge is 0.305 e. The highest BCUT2D eigenvalue weighted by Crippen LogP contribution is 2.18. The van der Waals surface area contributed by atoms with Gasteiger partial charge in [-0.25, -0.2) is 0 Å². The van der Waals surface area contributed by atoms with Crippen molar-refractivity contribution in [3.05, 3.63) is 24.3 Å². The van der Waals surface area contributed by atoms with Gasteiger partial charge in [0.05, 0.1) is 25.4 Å². The maximum Gasteiger partial charge on any atom is 0.305 e. The van der Waals surface area contributed by atoms with Crippen molar-refractivity contribution >= 4 is 11.9 Å². The molecular weight excluding hydrogens is 863 g/mol. The molecule has 0 saturated carbocycles. The topological polar surface area (TPSA) is 95.9 Å². The number of ether oxygens (including phenoxy) is 1. The maximum atomic E-state index is 12.5. The van der Waals surface area contributed by atoms with Gasteiger partial charge in [-0.2, -0.15) is 0 Å². The van der Waals surface area contributed by atoms with Crippen LogP contribution in [0.1, 0.15) is 348 Å². The Morgan fingerprint density at radius 3 is 1.09 bits per heavy atom. The van der Waals surface area contributed by atoms with Crippen LogP contribution >= 0.6 is 0 Å². The van der Waals surface area contributed by atoms with E-state index in [0.29, 0.717) is 25.9 Å². The van der Waals surface area contributed by atoms with Crippen LogP contribution in [0.25, 0.3) is 0 Å². The van der Waals surface area contributed by atoms with Gasteiger partial charge in [-0.05, 0) is 44.9 Å². The number of nitrogens with one attached hydrogen (secondary N) is 1. The summed E-state index contributed by atoms with van der Waals surface area (Å²) in [6, 6.07) is -0.544. The molecule has 0 aromatic rings. The van der Waals surface area contributed by atoms with Crippen LogP contribution in [0.2, 0.25) is 0 Å². The lowest BCUT2D eigenvalue weighted by molar-refractivity contribution is -0.143. The van der Waals surface area contributed by atoms with Crippen molar-refractivity contribution in [2.45, 2.75) is 360 Å². The van der Waals surface area contributed by atoms with Crippen molar-refractivity contribution in [3.8, 4) is 0 Å². The Balaban J connectivity index is 3.42. The predicted molar refractivity (Wildman–Crippen MR) is 306 cm³/mol. The van der Waals surface area contributed by atoms with Gasteiger partial charge in [0, 0.05) is 12.8 Å². The van der Waals surface area contributed by atoms with E-state index in [1.807, 2.05) is 0 Å². The van der Waals surface area contributed by atoms with Crippen molar-refractivity contribution in [2.75, 3.05) is 13.2 Å². The number of rotatable bonds is 59. The molecule has 0 aromatic carbocycles. The third-order valence-corrected chi connectivity index (χ3v) is 14.8. The van der Waals surface area contributed by atoms with Crippen molar-refractivity contribution < 1.29 is 24.5 Å². The monoisotopic (exact) mass is 986 g/mol. The van der Waals surface area contributed by atoms with Gasteiger partial charge in [0.2, 0.25) is 5.91 Å². The number of aliphatic hydroxyl groups is 2. The molecule has 2 atom stereocenters. The van der Waals surface area contributed by atoms with E-state index in [0.717, 1.165) is 51.4 Å². The molecule has 0 bridgehead atoms. The molecule has 1 amide bonds. The van der Waals surface area contributed by atoms with Gasteiger partial charge in [-0.1, -0.05) is 314 Å². The van der Waals surface area contributed by atoms with Crippen LogP contribution < -0.4 is 5.32 Å². The van der Waals surface area contributed by atoms with Gasteiger partial charge < -0.3 is 20.3 Å². The predicted octanol–water partition coefficient (Wildman–Crippen LogP) is 19.8. The van der Waals surface area contributed by atoms with E-state index in [4.69, 9.17) is 4.74 Å². The highest BCUT2D eigenvalue weighted by atomic mass is 16.5. The number of hydrogen-bond donors (Lipinski definition) is 3. The second kappa shape index (κ2) is 59.9. The Kier molecular flexibility index (Phi) is 58.5. The molecular formula is C64H123NO5. The molecule has 0 radical (unpaired) electrons. The van der Waals surface area contributed by atoms with Gasteiger partial charge in [0.25, 0.3) is 0 Å². The van der Waals surface area contributed by atoms with Gasteiger partial charge in [-0.3, -0.25) is 9.59 Å². The first kappa shape index (κ1) is 68.3. The van der Waals surface area contributed by atoms with Gasteiger partial charge in [-0.15, -0.1) is 0 Å². The van der Waals surface area contributed by atoms with Crippen molar-refractivity contribution in [2.24, 2.45) is 0 Å². The van der Waals surface area contributed by atoms with E-state index in [1.54, 1.807) is 0 Å². The first-order valence-electron chi connectivity index (χ1n) is 31.6. The highest BCUT2D eigenvalue weighted by molar-refractivity contribution is 5.76. The molecule has 414 valence electrons. The Morgan fingerprint density at radius 2 is 0.714 bits per heavy atom. The summed E-state index contributed by atoms with van der Waals surface area (Å²) in [6.45, 7) is 4.87. The molecule has 0 aromatic heterocycles. The normalized spacial score (nSPS) is 12.7. The van der Waals surface area contributed by atoms with E-state index in [2.05, 4.69) is 43.5 Å². The summed E-state index contributed by atoms with van der Waals surface area (Å²) in [5.74, 6) is -0.0685. The molecule has 0 spiro atoms. The molecule has 0 aliphatic carbocycles. The standard InChI is InChI=1S/C64H123NO5/c1-3-5-7-9-11-13-15-17-18-19-23-27-30-34-38-42-46-50-54-58-64(69)70-59-55-51-47-43-39-35-31-28-25-22-20-21-24-26-29-33-37-41-45-49-53-57-63(68)65-61(60-66)62(67)56-52-48-44-40-36-32-16-14-12-10-8-6-4-2/h35,39,47,51,61-62,66-67H,3-34,36-38,40-46,48-50,52-60H2,1-2H3,(H,65,68)/b39-35-,51-47-. The molecule has 0 aliphatic heterocycles. The SMILES string of the molecule is CCCCCCCCCCCCCCCCCCCCCC(=O)OCC/C=C\C/C=C\CCCCCCCCCCCCCCCCC(=O)NC(CO)C(O)CCCCCCCCCCCCCCC. The lowest BCUT2D eigenvalue weighted by Crippen LogP contribution is -2.45. The zero-order valence-corrected chi connectivity index (χ0v) is 47.3. The summed E-state index contributed by atoms with van der Waals surface area (Å²) < 4.78 is 5.44. The Bertz CT molecular complexity index is 1090.